The zero-order chi connectivity index (χ0) is 19.5. The topological polar surface area (TPSA) is 88.2 Å². The fourth-order valence-corrected chi connectivity index (χ4v) is 3.65. The molecule has 0 aromatic carbocycles. The van der Waals surface area contributed by atoms with Crippen LogP contribution in [0.2, 0.25) is 0 Å². The van der Waals surface area contributed by atoms with Gasteiger partial charge in [0.25, 0.3) is 0 Å². The van der Waals surface area contributed by atoms with Crippen LogP contribution in [0.3, 0.4) is 0 Å². The minimum atomic E-state index is -0.752. The van der Waals surface area contributed by atoms with Gasteiger partial charge >= 0.3 is 12.1 Å². The van der Waals surface area contributed by atoms with Crippen molar-refractivity contribution in [3.8, 4) is 0 Å². The normalized spacial score (nSPS) is 27.3. The van der Waals surface area contributed by atoms with E-state index in [4.69, 9.17) is 9.47 Å². The van der Waals surface area contributed by atoms with Crippen molar-refractivity contribution in [1.29, 1.82) is 0 Å². The Balaban J connectivity index is 2.21. The minimum Gasteiger partial charge on any atom is -0.467 e. The average molecular weight is 369 g/mol. The van der Waals surface area contributed by atoms with Gasteiger partial charge in [-0.15, -0.1) is 0 Å². The number of carbonyl (C=O) groups is 3. The number of amides is 2. The third-order valence-corrected chi connectivity index (χ3v) is 4.89. The number of rotatable bonds is 3. The van der Waals surface area contributed by atoms with Crippen molar-refractivity contribution in [2.45, 2.75) is 70.7 Å². The van der Waals surface area contributed by atoms with Gasteiger partial charge in [0.2, 0.25) is 5.91 Å². The lowest BCUT2D eigenvalue weighted by molar-refractivity contribution is -0.153. The number of fused-ring (bicyclic) bond motifs is 1. The van der Waals surface area contributed by atoms with Crippen molar-refractivity contribution in [3.05, 3.63) is 0 Å². The van der Waals surface area contributed by atoms with E-state index in [0.29, 0.717) is 13.0 Å². The lowest BCUT2D eigenvalue weighted by atomic mass is 10.1. The Labute approximate surface area is 155 Å². The maximum absolute atomic E-state index is 13.2. The molecular weight excluding hydrogens is 338 g/mol. The van der Waals surface area contributed by atoms with Gasteiger partial charge in [-0.05, 0) is 46.6 Å². The van der Waals surface area contributed by atoms with Crippen LogP contribution >= 0.6 is 0 Å². The third-order valence-electron chi connectivity index (χ3n) is 4.89. The Morgan fingerprint density at radius 1 is 1.23 bits per heavy atom. The molecule has 2 heterocycles. The van der Waals surface area contributed by atoms with Gasteiger partial charge in [0.1, 0.15) is 17.7 Å². The van der Waals surface area contributed by atoms with Crippen LogP contribution < -0.4 is 5.32 Å². The molecule has 8 heteroatoms. The van der Waals surface area contributed by atoms with Gasteiger partial charge in [-0.25, -0.2) is 9.59 Å². The number of hydrogen-bond acceptors (Lipinski definition) is 6. The molecule has 1 N–H and O–H groups in total. The first-order valence-corrected chi connectivity index (χ1v) is 9.28. The van der Waals surface area contributed by atoms with Gasteiger partial charge in [-0.2, -0.15) is 0 Å². The molecule has 0 bridgehead atoms. The first kappa shape index (κ1) is 20.5. The smallest absolute Gasteiger partial charge is 0.408 e. The predicted molar refractivity (Wildman–Crippen MR) is 95.6 cm³/mol. The monoisotopic (exact) mass is 369 g/mol. The highest BCUT2D eigenvalue weighted by atomic mass is 16.6. The summed E-state index contributed by atoms with van der Waals surface area (Å²) in [6.45, 7) is 9.34. The van der Waals surface area contributed by atoms with Gasteiger partial charge in [-0.1, -0.05) is 6.92 Å². The number of likely N-dealkylation sites (N-methyl/N-ethyl adjacent to an activating group) is 1. The van der Waals surface area contributed by atoms with E-state index in [2.05, 4.69) is 10.2 Å². The van der Waals surface area contributed by atoms with Crippen LogP contribution in [0.1, 0.15) is 47.0 Å². The Hall–Kier alpha value is -1.83. The summed E-state index contributed by atoms with van der Waals surface area (Å²) in [5.74, 6) is -0.642. The summed E-state index contributed by atoms with van der Waals surface area (Å²) in [4.78, 5) is 41.3. The lowest BCUT2D eigenvalue weighted by Crippen LogP contribution is -2.60. The largest absolute Gasteiger partial charge is 0.467 e. The molecule has 0 aromatic heterocycles. The lowest BCUT2D eigenvalue weighted by Gasteiger charge is -2.38. The maximum Gasteiger partial charge on any atom is 0.408 e. The third kappa shape index (κ3) is 4.87. The maximum atomic E-state index is 13.2. The molecule has 0 spiro atoms. The van der Waals surface area contributed by atoms with E-state index in [0.717, 1.165) is 25.9 Å². The summed E-state index contributed by atoms with van der Waals surface area (Å²) in [5.41, 5.74) is -0.649. The van der Waals surface area contributed by atoms with Gasteiger partial charge in [0.05, 0.1) is 7.11 Å². The zero-order valence-electron chi connectivity index (χ0n) is 16.4. The summed E-state index contributed by atoms with van der Waals surface area (Å²) in [6, 6.07) is -1.34. The quantitative estimate of drug-likeness (QED) is 0.751. The molecule has 148 valence electrons. The minimum absolute atomic E-state index is 0.0103. The molecule has 3 atom stereocenters. The van der Waals surface area contributed by atoms with E-state index < -0.39 is 29.7 Å². The summed E-state index contributed by atoms with van der Waals surface area (Å²) in [6.07, 6.45) is 1.54. The predicted octanol–water partition coefficient (Wildman–Crippen LogP) is 1.14. The Bertz CT molecular complexity index is 545. The van der Waals surface area contributed by atoms with Crippen LogP contribution in [-0.2, 0) is 19.1 Å². The fraction of sp³-hybridized carbons (Fsp3) is 0.833. The van der Waals surface area contributed by atoms with E-state index in [-0.39, 0.29) is 11.9 Å². The summed E-state index contributed by atoms with van der Waals surface area (Å²) in [7, 11) is 1.33. The first-order chi connectivity index (χ1) is 12.2. The Morgan fingerprint density at radius 3 is 2.50 bits per heavy atom. The molecule has 0 saturated carbocycles. The number of nitrogens with one attached hydrogen (secondary N) is 1. The van der Waals surface area contributed by atoms with Crippen LogP contribution in [0.5, 0.6) is 0 Å². The molecule has 2 saturated heterocycles. The second-order valence-electron chi connectivity index (χ2n) is 7.90. The van der Waals surface area contributed by atoms with Gasteiger partial charge in [0, 0.05) is 19.1 Å². The number of methoxy groups -OCH3 is 1. The molecular formula is C18H31N3O5. The van der Waals surface area contributed by atoms with Crippen LogP contribution in [0.15, 0.2) is 0 Å². The van der Waals surface area contributed by atoms with E-state index >= 15 is 0 Å². The van der Waals surface area contributed by atoms with Crippen LogP contribution in [0, 0.1) is 0 Å². The first-order valence-electron chi connectivity index (χ1n) is 9.28. The number of carbonyl (C=O) groups excluding carboxylic acids is 3. The second kappa shape index (κ2) is 8.24. The van der Waals surface area contributed by atoms with Gasteiger partial charge in [0.15, 0.2) is 0 Å². The highest BCUT2D eigenvalue weighted by Gasteiger charge is 2.45. The van der Waals surface area contributed by atoms with E-state index in [1.807, 2.05) is 6.92 Å². The van der Waals surface area contributed by atoms with Crippen LogP contribution in [0.4, 0.5) is 4.79 Å². The number of hydrogen-bond donors (Lipinski definition) is 1. The molecule has 8 nitrogen and oxygen atoms in total. The molecule has 2 rings (SSSR count). The SMILES string of the molecule is CCN1CCC2CC[C@@H](C(=O)OC)N2C(=O)[C@@H](NC(=O)OC(C)(C)C)C1. The number of alkyl carbamates (subject to hydrolysis) is 1. The number of esters is 1. The molecule has 2 aliphatic rings. The van der Waals surface area contributed by atoms with E-state index in [9.17, 15) is 14.4 Å². The molecule has 26 heavy (non-hydrogen) atoms. The van der Waals surface area contributed by atoms with Gasteiger partial charge < -0.3 is 24.6 Å². The summed E-state index contributed by atoms with van der Waals surface area (Å²) < 4.78 is 10.2. The van der Waals surface area contributed by atoms with Crippen molar-refractivity contribution in [2.24, 2.45) is 0 Å². The van der Waals surface area contributed by atoms with E-state index in [1.165, 1.54) is 7.11 Å². The van der Waals surface area contributed by atoms with Crippen molar-refractivity contribution in [2.75, 3.05) is 26.7 Å². The van der Waals surface area contributed by atoms with Crippen molar-refractivity contribution in [1.82, 2.24) is 15.1 Å². The molecule has 0 aromatic rings. The van der Waals surface area contributed by atoms with Crippen LogP contribution in [0.25, 0.3) is 0 Å². The summed E-state index contributed by atoms with van der Waals surface area (Å²) >= 11 is 0. The molecule has 2 fully saturated rings. The standard InChI is InChI=1S/C18H31N3O5/c1-6-20-10-9-12-7-8-14(16(23)25-5)21(12)15(22)13(11-20)19-17(24)26-18(2,3)4/h12-14H,6-11H2,1-5H3,(H,19,24)/t12?,13-,14-/m0/s1. The average Bonchev–Trinajstić information content (AvgIpc) is 2.96. The molecule has 1 unspecified atom stereocenters. The van der Waals surface area contributed by atoms with Crippen LogP contribution in [-0.4, -0.2) is 78.2 Å². The fourth-order valence-electron chi connectivity index (χ4n) is 3.65. The number of nitrogens with zero attached hydrogens (tertiary/aromatic N) is 2. The second-order valence-corrected chi connectivity index (χ2v) is 7.90. The van der Waals surface area contributed by atoms with Crippen molar-refractivity contribution >= 4 is 18.0 Å². The van der Waals surface area contributed by atoms with Crippen molar-refractivity contribution < 1.29 is 23.9 Å². The van der Waals surface area contributed by atoms with E-state index in [1.54, 1.807) is 25.7 Å². The molecule has 0 radical (unpaired) electrons. The Kier molecular flexibility index (Phi) is 6.49. The van der Waals surface area contributed by atoms with Crippen molar-refractivity contribution in [3.63, 3.8) is 0 Å². The molecule has 0 aliphatic carbocycles. The summed E-state index contributed by atoms with van der Waals surface area (Å²) in [5, 5.41) is 2.70. The molecule has 2 aliphatic heterocycles. The Morgan fingerprint density at radius 2 is 1.92 bits per heavy atom. The van der Waals surface area contributed by atoms with Gasteiger partial charge in [-0.3, -0.25) is 4.79 Å². The number of ether oxygens (including phenoxy) is 2. The molecule has 2 amide bonds. The highest BCUT2D eigenvalue weighted by Crippen LogP contribution is 2.29. The highest BCUT2D eigenvalue weighted by molar-refractivity contribution is 5.90. The zero-order valence-corrected chi connectivity index (χ0v) is 16.4.